The number of furan rings is 1. The summed E-state index contributed by atoms with van der Waals surface area (Å²) in [5.74, 6) is 2.44. The Kier molecular flexibility index (Phi) is 9.00. The monoisotopic (exact) mass is 371 g/mol. The second kappa shape index (κ2) is 11.8. The van der Waals surface area contributed by atoms with Crippen LogP contribution in [0.25, 0.3) is 0 Å². The van der Waals surface area contributed by atoms with Gasteiger partial charge in [0.25, 0.3) is 0 Å². The maximum absolute atomic E-state index is 5.75. The van der Waals surface area contributed by atoms with Gasteiger partial charge in [0.15, 0.2) is 5.96 Å². The number of anilines is 1. The molecule has 6 nitrogen and oxygen atoms in total. The summed E-state index contributed by atoms with van der Waals surface area (Å²) in [5.41, 5.74) is 1.91. The first-order valence-corrected chi connectivity index (χ1v) is 9.11. The minimum Gasteiger partial charge on any atom is -0.493 e. The largest absolute Gasteiger partial charge is 0.493 e. The molecule has 1 heterocycles. The van der Waals surface area contributed by atoms with E-state index >= 15 is 0 Å². The summed E-state index contributed by atoms with van der Waals surface area (Å²) in [5, 5.41) is 6.64. The van der Waals surface area contributed by atoms with Crippen molar-refractivity contribution in [1.29, 1.82) is 0 Å². The molecule has 1 aromatic carbocycles. The van der Waals surface area contributed by atoms with Crippen LogP contribution in [0.15, 0.2) is 64.2 Å². The number of methoxy groups -OCH3 is 1. The molecule has 0 spiro atoms. The van der Waals surface area contributed by atoms with Crippen LogP contribution in [-0.2, 0) is 11.2 Å². The van der Waals surface area contributed by atoms with Crippen molar-refractivity contribution in [3.8, 4) is 5.75 Å². The van der Waals surface area contributed by atoms with Gasteiger partial charge in [-0.1, -0.05) is 18.2 Å². The average molecular weight is 371 g/mol. The summed E-state index contributed by atoms with van der Waals surface area (Å²) in [7, 11) is 1.69. The lowest BCUT2D eigenvalue weighted by Crippen LogP contribution is -2.32. The normalized spacial score (nSPS) is 11.3. The predicted octanol–water partition coefficient (Wildman–Crippen LogP) is 3.87. The molecule has 146 valence electrons. The smallest absolute Gasteiger partial charge is 0.196 e. The van der Waals surface area contributed by atoms with Gasteiger partial charge >= 0.3 is 0 Å². The van der Waals surface area contributed by atoms with Crippen molar-refractivity contribution in [2.24, 2.45) is 4.99 Å². The molecule has 0 atom stereocenters. The van der Waals surface area contributed by atoms with E-state index in [1.165, 1.54) is 0 Å². The van der Waals surface area contributed by atoms with Gasteiger partial charge in [-0.3, -0.25) is 0 Å². The summed E-state index contributed by atoms with van der Waals surface area (Å²) in [6.45, 7) is 8.45. The first-order valence-electron chi connectivity index (χ1n) is 9.11. The van der Waals surface area contributed by atoms with Crippen LogP contribution in [0, 0.1) is 0 Å². The maximum atomic E-state index is 5.75. The van der Waals surface area contributed by atoms with Crippen LogP contribution in [0.2, 0.25) is 0 Å². The minimum atomic E-state index is 0.559. The molecule has 0 unspecified atom stereocenters. The molecule has 0 saturated carbocycles. The molecule has 1 aromatic heterocycles. The number of hydrogen-bond acceptors (Lipinski definition) is 4. The van der Waals surface area contributed by atoms with E-state index in [0.29, 0.717) is 32.3 Å². The van der Waals surface area contributed by atoms with Crippen molar-refractivity contribution in [3.05, 3.63) is 60.6 Å². The van der Waals surface area contributed by atoms with Gasteiger partial charge in [0, 0.05) is 44.9 Å². The summed E-state index contributed by atoms with van der Waals surface area (Å²) < 4.78 is 16.2. The van der Waals surface area contributed by atoms with E-state index < -0.39 is 0 Å². The number of aliphatic imine (C=N–C) groups is 1. The predicted molar refractivity (Wildman–Crippen MR) is 110 cm³/mol. The van der Waals surface area contributed by atoms with Crippen LogP contribution in [0.4, 0.5) is 5.69 Å². The lowest BCUT2D eigenvalue weighted by Gasteiger charge is -2.14. The summed E-state index contributed by atoms with van der Waals surface area (Å²) in [6, 6.07) is 11.7. The SMILES string of the molecule is C=C(C)CN=C(NCCc1ccco1)Nc1cccc(OCCCOC)c1. The van der Waals surface area contributed by atoms with Crippen LogP contribution in [-0.4, -0.2) is 39.4 Å². The lowest BCUT2D eigenvalue weighted by atomic mass is 10.3. The van der Waals surface area contributed by atoms with Gasteiger partial charge < -0.3 is 24.5 Å². The highest BCUT2D eigenvalue weighted by atomic mass is 16.5. The Morgan fingerprint density at radius 3 is 2.85 bits per heavy atom. The van der Waals surface area contributed by atoms with Crippen molar-refractivity contribution in [3.63, 3.8) is 0 Å². The molecule has 2 N–H and O–H groups in total. The Hall–Kier alpha value is -2.73. The van der Waals surface area contributed by atoms with Crippen molar-refractivity contribution >= 4 is 11.6 Å². The van der Waals surface area contributed by atoms with E-state index in [9.17, 15) is 0 Å². The highest BCUT2D eigenvalue weighted by molar-refractivity contribution is 5.93. The van der Waals surface area contributed by atoms with Crippen LogP contribution < -0.4 is 15.4 Å². The molecular formula is C21H29N3O3. The highest BCUT2D eigenvalue weighted by Crippen LogP contribution is 2.17. The van der Waals surface area contributed by atoms with Crippen molar-refractivity contribution in [1.82, 2.24) is 5.32 Å². The first kappa shape index (κ1) is 20.6. The highest BCUT2D eigenvalue weighted by Gasteiger charge is 2.03. The van der Waals surface area contributed by atoms with E-state index in [4.69, 9.17) is 13.9 Å². The maximum Gasteiger partial charge on any atom is 0.196 e. The Labute approximate surface area is 161 Å². The molecule has 27 heavy (non-hydrogen) atoms. The minimum absolute atomic E-state index is 0.559. The molecule has 6 heteroatoms. The summed E-state index contributed by atoms with van der Waals surface area (Å²) in [6.07, 6.45) is 3.32. The standard InChI is InChI=1S/C21H29N3O3/c1-17(2)16-23-21(22-11-10-19-9-5-13-26-19)24-18-7-4-8-20(15-18)27-14-6-12-25-3/h4-5,7-9,13,15H,1,6,10-12,14,16H2,2-3H3,(H2,22,23,24). The van der Waals surface area contributed by atoms with E-state index in [1.807, 2.05) is 43.3 Å². The van der Waals surface area contributed by atoms with E-state index in [2.05, 4.69) is 22.2 Å². The number of ether oxygens (including phenoxy) is 2. The molecule has 0 saturated heterocycles. The Morgan fingerprint density at radius 1 is 1.22 bits per heavy atom. The van der Waals surface area contributed by atoms with Gasteiger partial charge in [0.2, 0.25) is 0 Å². The van der Waals surface area contributed by atoms with Gasteiger partial charge in [-0.15, -0.1) is 0 Å². The quantitative estimate of drug-likeness (QED) is 0.272. The Morgan fingerprint density at radius 2 is 2.11 bits per heavy atom. The van der Waals surface area contributed by atoms with Gasteiger partial charge in [-0.05, 0) is 31.2 Å². The molecule has 0 aliphatic rings. The second-order valence-electron chi connectivity index (χ2n) is 6.23. The fraction of sp³-hybridized carbons (Fsp3) is 0.381. The fourth-order valence-electron chi connectivity index (χ4n) is 2.31. The van der Waals surface area contributed by atoms with E-state index in [0.717, 1.165) is 35.6 Å². The van der Waals surface area contributed by atoms with Gasteiger partial charge in [-0.2, -0.15) is 0 Å². The van der Waals surface area contributed by atoms with Gasteiger partial charge in [0.05, 0.1) is 19.4 Å². The molecule has 0 amide bonds. The number of rotatable bonds is 11. The number of guanidine groups is 1. The molecular weight excluding hydrogens is 342 g/mol. The van der Waals surface area contributed by atoms with Crippen molar-refractivity contribution in [2.75, 3.05) is 38.7 Å². The van der Waals surface area contributed by atoms with Crippen LogP contribution >= 0.6 is 0 Å². The summed E-state index contributed by atoms with van der Waals surface area (Å²) in [4.78, 5) is 4.56. The zero-order valence-corrected chi connectivity index (χ0v) is 16.2. The molecule has 2 rings (SSSR count). The number of nitrogens with one attached hydrogen (secondary N) is 2. The molecule has 0 bridgehead atoms. The lowest BCUT2D eigenvalue weighted by molar-refractivity contribution is 0.172. The average Bonchev–Trinajstić information content (AvgIpc) is 3.17. The van der Waals surface area contributed by atoms with E-state index in [-0.39, 0.29) is 0 Å². The number of benzene rings is 1. The van der Waals surface area contributed by atoms with E-state index in [1.54, 1.807) is 13.4 Å². The van der Waals surface area contributed by atoms with Crippen LogP contribution in [0.5, 0.6) is 5.75 Å². The Bertz CT molecular complexity index is 711. The third kappa shape index (κ3) is 8.46. The third-order valence-corrected chi connectivity index (χ3v) is 3.61. The zero-order chi connectivity index (χ0) is 19.3. The van der Waals surface area contributed by atoms with Gasteiger partial charge in [-0.25, -0.2) is 4.99 Å². The topological polar surface area (TPSA) is 68.0 Å². The zero-order valence-electron chi connectivity index (χ0n) is 16.2. The van der Waals surface area contributed by atoms with Crippen molar-refractivity contribution < 1.29 is 13.9 Å². The van der Waals surface area contributed by atoms with Crippen LogP contribution in [0.3, 0.4) is 0 Å². The van der Waals surface area contributed by atoms with Crippen molar-refractivity contribution in [2.45, 2.75) is 19.8 Å². The molecule has 2 aromatic rings. The summed E-state index contributed by atoms with van der Waals surface area (Å²) >= 11 is 0. The Balaban J connectivity index is 1.92. The fourth-order valence-corrected chi connectivity index (χ4v) is 2.31. The molecule has 0 aliphatic carbocycles. The third-order valence-electron chi connectivity index (χ3n) is 3.61. The molecule has 0 fully saturated rings. The first-order chi connectivity index (χ1) is 13.2. The van der Waals surface area contributed by atoms with Crippen LogP contribution in [0.1, 0.15) is 19.1 Å². The molecule has 0 radical (unpaired) electrons. The second-order valence-corrected chi connectivity index (χ2v) is 6.23. The molecule has 0 aliphatic heterocycles. The van der Waals surface area contributed by atoms with Gasteiger partial charge in [0.1, 0.15) is 11.5 Å². The number of hydrogen-bond donors (Lipinski definition) is 2. The number of nitrogens with zero attached hydrogens (tertiary/aromatic N) is 1.